The minimum atomic E-state index is -2.91. The number of carbonyl (C=O) groups is 1. The molecule has 2 aromatic rings. The fourth-order valence-corrected chi connectivity index (χ4v) is 3.35. The van der Waals surface area contributed by atoms with Crippen LogP contribution in [0.1, 0.15) is 43.1 Å². The molecule has 0 radical (unpaired) electrons. The van der Waals surface area contributed by atoms with Crippen LogP contribution in [-0.2, 0) is 11.3 Å². The third-order valence-electron chi connectivity index (χ3n) is 5.42. The van der Waals surface area contributed by atoms with Crippen LogP contribution < -0.4 is 21.9 Å². The van der Waals surface area contributed by atoms with Gasteiger partial charge < -0.3 is 21.4 Å². The van der Waals surface area contributed by atoms with Crippen molar-refractivity contribution in [2.75, 3.05) is 17.6 Å². The predicted molar refractivity (Wildman–Crippen MR) is 110 cm³/mol. The Bertz CT molecular complexity index is 1020. The highest BCUT2D eigenvalue weighted by Crippen LogP contribution is 2.39. The van der Waals surface area contributed by atoms with Crippen LogP contribution in [0.15, 0.2) is 10.9 Å². The summed E-state index contributed by atoms with van der Waals surface area (Å²) < 4.78 is 28.5. The fourth-order valence-electron chi connectivity index (χ4n) is 3.35. The van der Waals surface area contributed by atoms with Crippen LogP contribution in [0.4, 0.5) is 20.4 Å². The van der Waals surface area contributed by atoms with Gasteiger partial charge in [0.15, 0.2) is 5.82 Å². The van der Waals surface area contributed by atoms with Crippen molar-refractivity contribution in [3.63, 3.8) is 0 Å². The third-order valence-corrected chi connectivity index (χ3v) is 5.42. The first-order valence-electron chi connectivity index (χ1n) is 9.82. The third kappa shape index (κ3) is 4.58. The smallest absolute Gasteiger partial charge is 0.290 e. The lowest BCUT2D eigenvalue weighted by atomic mass is 9.80. The average molecular weight is 420 g/mol. The highest BCUT2D eigenvalue weighted by atomic mass is 19.3. The second kappa shape index (κ2) is 8.37. The molecule has 1 saturated carbocycles. The largest absolute Gasteiger partial charge is 0.383 e. The van der Waals surface area contributed by atoms with Gasteiger partial charge >= 0.3 is 0 Å². The Balaban J connectivity index is 1.92. The number of carbonyl (C=O) groups excluding carboxylic acids is 1. The summed E-state index contributed by atoms with van der Waals surface area (Å²) in [4.78, 5) is 34.7. The lowest BCUT2D eigenvalue weighted by Crippen LogP contribution is -2.40. The summed E-state index contributed by atoms with van der Waals surface area (Å²) in [6.45, 7) is 4.41. The normalized spacial score (nSPS) is 14.3. The van der Waals surface area contributed by atoms with Crippen molar-refractivity contribution in [1.82, 2.24) is 20.3 Å². The molecule has 1 aliphatic carbocycles. The first kappa shape index (κ1) is 21.7. The van der Waals surface area contributed by atoms with Gasteiger partial charge in [-0.25, -0.2) is 18.7 Å². The molecule has 8 nitrogen and oxygen atoms in total. The number of amides is 1. The maximum atomic E-state index is 14.2. The second-order valence-corrected chi connectivity index (χ2v) is 7.71. The van der Waals surface area contributed by atoms with Gasteiger partial charge in [0.05, 0.1) is 12.2 Å². The summed E-state index contributed by atoms with van der Waals surface area (Å²) in [5.41, 5.74) is 8.07. The molecular formula is C20H26F2N6O2. The molecule has 3 rings (SSSR count). The van der Waals surface area contributed by atoms with Gasteiger partial charge in [-0.2, -0.15) is 0 Å². The molecule has 30 heavy (non-hydrogen) atoms. The maximum Gasteiger partial charge on any atom is 0.290 e. The number of nitrogen functional groups attached to an aromatic ring is 1. The van der Waals surface area contributed by atoms with Gasteiger partial charge in [0.1, 0.15) is 5.82 Å². The van der Waals surface area contributed by atoms with Crippen LogP contribution in [0.2, 0.25) is 0 Å². The van der Waals surface area contributed by atoms with E-state index in [4.69, 9.17) is 5.73 Å². The minimum Gasteiger partial charge on any atom is -0.383 e. The predicted octanol–water partition coefficient (Wildman–Crippen LogP) is 2.51. The summed E-state index contributed by atoms with van der Waals surface area (Å²) in [6.07, 6.45) is 1.77. The Kier molecular flexibility index (Phi) is 6.04. The first-order valence-corrected chi connectivity index (χ1v) is 9.82. The van der Waals surface area contributed by atoms with E-state index in [0.717, 1.165) is 12.0 Å². The van der Waals surface area contributed by atoms with E-state index in [1.165, 1.54) is 6.92 Å². The number of alkyl halides is 2. The lowest BCUT2D eigenvalue weighted by molar-refractivity contribution is -0.119. The molecule has 162 valence electrons. The minimum absolute atomic E-state index is 0.187. The van der Waals surface area contributed by atoms with Crippen LogP contribution in [0.3, 0.4) is 0 Å². The van der Waals surface area contributed by atoms with E-state index in [0.29, 0.717) is 35.5 Å². The van der Waals surface area contributed by atoms with Crippen molar-refractivity contribution in [2.45, 2.75) is 52.5 Å². The van der Waals surface area contributed by atoms with E-state index in [-0.39, 0.29) is 24.1 Å². The number of aromatic nitrogens is 3. The fraction of sp³-hybridized carbons (Fsp3) is 0.500. The topological polar surface area (TPSA) is 126 Å². The molecule has 1 aliphatic rings. The van der Waals surface area contributed by atoms with Crippen LogP contribution in [0.5, 0.6) is 0 Å². The van der Waals surface area contributed by atoms with E-state index in [2.05, 4.69) is 25.6 Å². The number of aromatic amines is 1. The van der Waals surface area contributed by atoms with Gasteiger partial charge in [0.2, 0.25) is 5.91 Å². The number of anilines is 2. The van der Waals surface area contributed by atoms with Gasteiger partial charge in [0, 0.05) is 36.3 Å². The van der Waals surface area contributed by atoms with Crippen LogP contribution in [-0.4, -0.2) is 33.3 Å². The van der Waals surface area contributed by atoms with Crippen molar-refractivity contribution in [3.8, 4) is 11.3 Å². The molecule has 2 aromatic heterocycles. The van der Waals surface area contributed by atoms with Crippen molar-refractivity contribution in [3.05, 3.63) is 33.4 Å². The first-order chi connectivity index (χ1) is 14.1. The SMILES string of the molecule is CC(=O)NCc1cc(-c2nc(NCC(F)(F)C3CCC3)c(=O)[nH]c2C)c(N)nc1C. The molecule has 0 bridgehead atoms. The zero-order chi connectivity index (χ0) is 22.1. The molecule has 0 saturated heterocycles. The van der Waals surface area contributed by atoms with Crippen LogP contribution in [0.25, 0.3) is 11.3 Å². The van der Waals surface area contributed by atoms with Crippen molar-refractivity contribution >= 4 is 17.5 Å². The molecule has 2 heterocycles. The number of H-pyrrole nitrogens is 1. The monoisotopic (exact) mass is 420 g/mol. The molecule has 0 atom stereocenters. The van der Waals surface area contributed by atoms with Gasteiger partial charge in [-0.3, -0.25) is 9.59 Å². The number of nitrogens with one attached hydrogen (secondary N) is 3. The van der Waals surface area contributed by atoms with Crippen molar-refractivity contribution < 1.29 is 13.6 Å². The molecule has 0 aromatic carbocycles. The number of hydrogen-bond acceptors (Lipinski definition) is 6. The standard InChI is InChI=1S/C20H26F2N6O2/c1-10-13(8-24-12(3)29)7-15(17(23)26-10)16-11(2)27-19(30)18(28-16)25-9-20(21,22)14-5-4-6-14/h7,14H,4-6,8-9H2,1-3H3,(H2,23,26)(H,24,29)(H,25,28)(H,27,30). The Morgan fingerprint density at radius 3 is 2.63 bits per heavy atom. The highest BCUT2D eigenvalue weighted by Gasteiger charge is 2.42. The Morgan fingerprint density at radius 2 is 2.03 bits per heavy atom. The van der Waals surface area contributed by atoms with Crippen LogP contribution >= 0.6 is 0 Å². The summed E-state index contributed by atoms with van der Waals surface area (Å²) in [6, 6.07) is 1.73. The molecule has 1 fully saturated rings. The van der Waals surface area contributed by atoms with E-state index in [9.17, 15) is 18.4 Å². The molecule has 0 spiro atoms. The maximum absolute atomic E-state index is 14.2. The van der Waals surface area contributed by atoms with Crippen molar-refractivity contribution in [1.29, 1.82) is 0 Å². The molecule has 0 unspecified atom stereocenters. The van der Waals surface area contributed by atoms with Gasteiger partial charge in [-0.1, -0.05) is 6.42 Å². The van der Waals surface area contributed by atoms with Gasteiger partial charge in [-0.05, 0) is 38.3 Å². The number of aryl methyl sites for hydroxylation is 2. The number of nitrogens with zero attached hydrogens (tertiary/aromatic N) is 2. The summed E-state index contributed by atoms with van der Waals surface area (Å²) >= 11 is 0. The van der Waals surface area contributed by atoms with Gasteiger partial charge in [-0.15, -0.1) is 0 Å². The Morgan fingerprint density at radius 1 is 1.33 bits per heavy atom. The number of nitrogens with two attached hydrogens (primary N) is 1. The quantitative estimate of drug-likeness (QED) is 0.545. The number of pyridine rings is 1. The van der Waals surface area contributed by atoms with Crippen LogP contribution in [0, 0.1) is 19.8 Å². The molecular weight excluding hydrogens is 394 g/mol. The zero-order valence-corrected chi connectivity index (χ0v) is 17.2. The Labute approximate surface area is 172 Å². The number of halogens is 2. The molecule has 0 aliphatic heterocycles. The van der Waals surface area contributed by atoms with E-state index < -0.39 is 23.9 Å². The molecule has 10 heteroatoms. The zero-order valence-electron chi connectivity index (χ0n) is 17.2. The summed E-state index contributed by atoms with van der Waals surface area (Å²) in [5, 5.41) is 5.20. The Hall–Kier alpha value is -3.04. The molecule has 5 N–H and O–H groups in total. The lowest BCUT2D eigenvalue weighted by Gasteiger charge is -2.33. The average Bonchev–Trinajstić information content (AvgIpc) is 2.59. The van der Waals surface area contributed by atoms with Gasteiger partial charge in [0.25, 0.3) is 11.5 Å². The highest BCUT2D eigenvalue weighted by molar-refractivity contribution is 5.75. The van der Waals surface area contributed by atoms with E-state index in [1.54, 1.807) is 19.9 Å². The summed E-state index contributed by atoms with van der Waals surface area (Å²) in [5.74, 6) is -3.77. The summed E-state index contributed by atoms with van der Waals surface area (Å²) in [7, 11) is 0. The van der Waals surface area contributed by atoms with Crippen molar-refractivity contribution in [2.24, 2.45) is 5.92 Å². The number of rotatable bonds is 7. The van der Waals surface area contributed by atoms with E-state index >= 15 is 0 Å². The number of hydrogen-bond donors (Lipinski definition) is 4. The van der Waals surface area contributed by atoms with E-state index in [1.807, 2.05) is 0 Å². The molecule has 1 amide bonds. The second-order valence-electron chi connectivity index (χ2n) is 7.71.